The summed E-state index contributed by atoms with van der Waals surface area (Å²) in [6, 6.07) is 7.50. The van der Waals surface area contributed by atoms with Crippen LogP contribution in [0.15, 0.2) is 29.2 Å². The van der Waals surface area contributed by atoms with Crippen molar-refractivity contribution in [2.24, 2.45) is 5.73 Å². The fraction of sp³-hybridized carbons (Fsp3) is 0.273. The minimum atomic E-state index is -3.98. The lowest BCUT2D eigenvalue weighted by Gasteiger charge is -2.22. The average Bonchev–Trinajstić information content (AvgIpc) is 2.27. The lowest BCUT2D eigenvalue weighted by Crippen LogP contribution is -2.52. The first-order valence-electron chi connectivity index (χ1n) is 5.04. The fourth-order valence-electron chi connectivity index (χ4n) is 1.23. The van der Waals surface area contributed by atoms with Crippen molar-refractivity contribution < 1.29 is 13.2 Å². The van der Waals surface area contributed by atoms with Crippen LogP contribution in [-0.2, 0) is 14.8 Å². The molecule has 1 aromatic carbocycles. The smallest absolute Gasteiger partial charge is 0.242 e. The summed E-state index contributed by atoms with van der Waals surface area (Å²) in [4.78, 5) is 10.9. The van der Waals surface area contributed by atoms with Crippen molar-refractivity contribution in [1.82, 2.24) is 4.72 Å². The number of nitriles is 1. The molecular formula is C11H13N3O3S. The lowest BCUT2D eigenvalue weighted by atomic mass is 10.1. The van der Waals surface area contributed by atoms with Crippen molar-refractivity contribution >= 4 is 15.9 Å². The Balaban J connectivity index is 3.25. The number of benzene rings is 1. The maximum absolute atomic E-state index is 12.1. The summed E-state index contributed by atoms with van der Waals surface area (Å²) >= 11 is 0. The number of hydrogen-bond acceptors (Lipinski definition) is 4. The second-order valence-electron chi connectivity index (χ2n) is 4.20. The summed E-state index contributed by atoms with van der Waals surface area (Å²) in [7, 11) is -3.98. The molecule has 0 fully saturated rings. The monoisotopic (exact) mass is 267 g/mol. The van der Waals surface area contributed by atoms with E-state index in [1.54, 1.807) is 12.1 Å². The minimum Gasteiger partial charge on any atom is -0.368 e. The van der Waals surface area contributed by atoms with Gasteiger partial charge in [-0.15, -0.1) is 0 Å². The van der Waals surface area contributed by atoms with E-state index in [1.165, 1.54) is 32.0 Å². The summed E-state index contributed by atoms with van der Waals surface area (Å²) in [6.07, 6.45) is 0. The van der Waals surface area contributed by atoms with E-state index in [1.807, 2.05) is 0 Å². The summed E-state index contributed by atoms with van der Waals surface area (Å²) in [6.45, 7) is 2.70. The molecule has 0 aliphatic heterocycles. The van der Waals surface area contributed by atoms with E-state index in [9.17, 15) is 13.2 Å². The van der Waals surface area contributed by atoms with E-state index in [0.29, 0.717) is 0 Å². The van der Waals surface area contributed by atoms with E-state index in [0.717, 1.165) is 0 Å². The van der Waals surface area contributed by atoms with Crippen LogP contribution < -0.4 is 10.5 Å². The number of carbonyl (C=O) groups excluding carboxylic acids is 1. The Kier molecular flexibility index (Phi) is 3.74. The largest absolute Gasteiger partial charge is 0.368 e. The van der Waals surface area contributed by atoms with Crippen molar-refractivity contribution in [2.75, 3.05) is 0 Å². The summed E-state index contributed by atoms with van der Waals surface area (Å²) < 4.78 is 26.3. The van der Waals surface area contributed by atoms with Gasteiger partial charge in [0, 0.05) is 0 Å². The van der Waals surface area contributed by atoms with E-state index in [2.05, 4.69) is 4.72 Å². The van der Waals surface area contributed by atoms with E-state index < -0.39 is 21.5 Å². The number of primary amides is 1. The van der Waals surface area contributed by atoms with Gasteiger partial charge >= 0.3 is 0 Å². The normalized spacial score (nSPS) is 11.8. The Morgan fingerprint density at radius 1 is 1.39 bits per heavy atom. The zero-order valence-electron chi connectivity index (χ0n) is 9.97. The molecule has 0 radical (unpaired) electrons. The first-order valence-corrected chi connectivity index (χ1v) is 6.52. The summed E-state index contributed by atoms with van der Waals surface area (Å²) in [5.41, 5.74) is 3.67. The second-order valence-corrected chi connectivity index (χ2v) is 5.85. The highest BCUT2D eigenvalue weighted by Crippen LogP contribution is 2.16. The Morgan fingerprint density at radius 2 is 1.94 bits per heavy atom. The number of hydrogen-bond donors (Lipinski definition) is 2. The molecule has 1 rings (SSSR count). The van der Waals surface area contributed by atoms with Crippen molar-refractivity contribution in [3.8, 4) is 6.07 Å². The van der Waals surface area contributed by atoms with Gasteiger partial charge in [0.15, 0.2) is 0 Å². The molecule has 0 unspecified atom stereocenters. The van der Waals surface area contributed by atoms with Gasteiger partial charge in [-0.05, 0) is 26.0 Å². The van der Waals surface area contributed by atoms with E-state index in [-0.39, 0.29) is 10.5 Å². The van der Waals surface area contributed by atoms with Gasteiger partial charge in [-0.25, -0.2) is 8.42 Å². The third kappa shape index (κ3) is 2.85. The van der Waals surface area contributed by atoms with Crippen molar-refractivity contribution in [3.63, 3.8) is 0 Å². The summed E-state index contributed by atoms with van der Waals surface area (Å²) in [5, 5.41) is 8.86. The van der Waals surface area contributed by atoms with Crippen LogP contribution in [0.2, 0.25) is 0 Å². The minimum absolute atomic E-state index is 0.00488. The standard InChI is InChI=1S/C11H13N3O3S/c1-11(2,10(13)15)14-18(16,17)9-6-4-3-5-8(9)7-12/h3-6,14H,1-2H3,(H2,13,15). The Bertz CT molecular complexity index is 615. The van der Waals surface area contributed by atoms with Crippen LogP contribution in [0, 0.1) is 11.3 Å². The van der Waals surface area contributed by atoms with Gasteiger partial charge in [0.05, 0.1) is 10.5 Å². The number of rotatable bonds is 4. The molecule has 0 heterocycles. The van der Waals surface area contributed by atoms with Gasteiger partial charge in [0.25, 0.3) is 0 Å². The molecule has 0 aromatic heterocycles. The highest BCUT2D eigenvalue weighted by molar-refractivity contribution is 7.89. The Hall–Kier alpha value is -1.91. The van der Waals surface area contributed by atoms with Crippen molar-refractivity contribution in [3.05, 3.63) is 29.8 Å². The molecule has 0 spiro atoms. The third-order valence-corrected chi connectivity index (χ3v) is 4.02. The van der Waals surface area contributed by atoms with Gasteiger partial charge in [-0.3, -0.25) is 4.79 Å². The van der Waals surface area contributed by atoms with Crippen LogP contribution >= 0.6 is 0 Å². The van der Waals surface area contributed by atoms with Crippen LogP contribution in [0.3, 0.4) is 0 Å². The molecule has 1 aromatic rings. The molecule has 7 heteroatoms. The number of nitrogens with two attached hydrogens (primary N) is 1. The van der Waals surface area contributed by atoms with Crippen molar-refractivity contribution in [1.29, 1.82) is 5.26 Å². The SMILES string of the molecule is CC(C)(NS(=O)(=O)c1ccccc1C#N)C(N)=O. The molecular weight excluding hydrogens is 254 g/mol. The van der Waals surface area contributed by atoms with E-state index >= 15 is 0 Å². The molecule has 0 aliphatic carbocycles. The van der Waals surface area contributed by atoms with Gasteiger partial charge in [0.2, 0.25) is 15.9 Å². The van der Waals surface area contributed by atoms with Gasteiger partial charge in [-0.2, -0.15) is 9.98 Å². The first-order chi connectivity index (χ1) is 8.20. The quantitative estimate of drug-likeness (QED) is 0.805. The molecule has 3 N–H and O–H groups in total. The molecule has 0 aliphatic rings. The molecule has 0 saturated carbocycles. The highest BCUT2D eigenvalue weighted by Gasteiger charge is 2.32. The fourth-order valence-corrected chi connectivity index (χ4v) is 2.78. The number of sulfonamides is 1. The molecule has 6 nitrogen and oxygen atoms in total. The van der Waals surface area contributed by atoms with Crippen LogP contribution in [0.25, 0.3) is 0 Å². The van der Waals surface area contributed by atoms with Crippen LogP contribution in [0.4, 0.5) is 0 Å². The maximum Gasteiger partial charge on any atom is 0.242 e. The average molecular weight is 267 g/mol. The lowest BCUT2D eigenvalue weighted by molar-refractivity contribution is -0.122. The Labute approximate surface area is 105 Å². The van der Waals surface area contributed by atoms with Crippen LogP contribution in [-0.4, -0.2) is 19.9 Å². The predicted octanol–water partition coefficient (Wildman–Crippen LogP) is 0.100. The first kappa shape index (κ1) is 14.2. The van der Waals surface area contributed by atoms with Gasteiger partial charge in [-0.1, -0.05) is 12.1 Å². The second kappa shape index (κ2) is 4.76. The van der Waals surface area contributed by atoms with Crippen molar-refractivity contribution in [2.45, 2.75) is 24.3 Å². The Morgan fingerprint density at radius 3 is 2.44 bits per heavy atom. The third-order valence-electron chi connectivity index (χ3n) is 2.30. The van der Waals surface area contributed by atoms with Crippen LogP contribution in [0.1, 0.15) is 19.4 Å². The maximum atomic E-state index is 12.1. The van der Waals surface area contributed by atoms with Gasteiger partial charge < -0.3 is 5.73 Å². The number of nitrogens with zero attached hydrogens (tertiary/aromatic N) is 1. The predicted molar refractivity (Wildman–Crippen MR) is 64.8 cm³/mol. The van der Waals surface area contributed by atoms with Gasteiger partial charge in [0.1, 0.15) is 11.6 Å². The highest BCUT2D eigenvalue weighted by atomic mass is 32.2. The molecule has 1 amide bonds. The zero-order valence-corrected chi connectivity index (χ0v) is 10.8. The number of carbonyl (C=O) groups is 1. The summed E-state index contributed by atoms with van der Waals surface area (Å²) in [5.74, 6) is -0.805. The molecule has 18 heavy (non-hydrogen) atoms. The van der Waals surface area contributed by atoms with E-state index in [4.69, 9.17) is 11.0 Å². The zero-order chi connectivity index (χ0) is 14.0. The molecule has 0 atom stereocenters. The topological polar surface area (TPSA) is 113 Å². The number of nitrogens with one attached hydrogen (secondary N) is 1. The molecule has 0 saturated heterocycles. The number of amides is 1. The molecule has 0 bridgehead atoms. The van der Waals surface area contributed by atoms with Crippen LogP contribution in [0.5, 0.6) is 0 Å². The molecule has 96 valence electrons.